The third-order valence-corrected chi connectivity index (χ3v) is 2.71. The number of hydrogen-bond donors (Lipinski definition) is 2. The highest BCUT2D eigenvalue weighted by molar-refractivity contribution is 6.02. The fourth-order valence-electron chi connectivity index (χ4n) is 1.98. The van der Waals surface area contributed by atoms with Crippen LogP contribution >= 0.6 is 0 Å². The van der Waals surface area contributed by atoms with Gasteiger partial charge in [0.15, 0.2) is 0 Å². The zero-order valence-corrected chi connectivity index (χ0v) is 9.79. The molecular weight excluding hydrogens is 223 g/mol. The molecule has 0 aliphatic carbocycles. The first-order valence-electron chi connectivity index (χ1n) is 5.47. The Balaban J connectivity index is 2.17. The van der Waals surface area contributed by atoms with Crippen molar-refractivity contribution in [3.63, 3.8) is 0 Å². The van der Waals surface area contributed by atoms with Gasteiger partial charge in [0, 0.05) is 24.4 Å². The Morgan fingerprint density at radius 1 is 1.59 bits per heavy atom. The molecule has 0 saturated heterocycles. The number of nitrogens with one attached hydrogen (secondary N) is 2. The van der Waals surface area contributed by atoms with Gasteiger partial charge in [-0.1, -0.05) is 6.07 Å². The van der Waals surface area contributed by atoms with Crippen molar-refractivity contribution in [2.45, 2.75) is 19.0 Å². The minimum atomic E-state index is -0.434. The molecule has 2 rings (SSSR count). The second-order valence-electron chi connectivity index (χ2n) is 4.18. The predicted octanol–water partition coefficient (Wildman–Crippen LogP) is 1.44. The van der Waals surface area contributed by atoms with Gasteiger partial charge in [-0.25, -0.2) is 4.39 Å². The van der Waals surface area contributed by atoms with Crippen LogP contribution in [-0.2, 0) is 9.53 Å². The molecule has 92 valence electrons. The number of carbonyl (C=O) groups is 1. The van der Waals surface area contributed by atoms with Crippen molar-refractivity contribution >= 4 is 11.6 Å². The number of halogens is 1. The number of rotatable bonds is 4. The highest BCUT2D eigenvalue weighted by Gasteiger charge is 2.31. The maximum atomic E-state index is 13.0. The van der Waals surface area contributed by atoms with E-state index in [9.17, 15) is 9.18 Å². The molecule has 1 aliphatic heterocycles. The van der Waals surface area contributed by atoms with Crippen molar-refractivity contribution in [1.82, 2.24) is 5.32 Å². The van der Waals surface area contributed by atoms with Crippen molar-refractivity contribution in [1.29, 1.82) is 0 Å². The van der Waals surface area contributed by atoms with Crippen LogP contribution < -0.4 is 10.6 Å². The van der Waals surface area contributed by atoms with Gasteiger partial charge >= 0.3 is 0 Å². The van der Waals surface area contributed by atoms with Crippen molar-refractivity contribution in [3.05, 3.63) is 29.6 Å². The Kier molecular flexibility index (Phi) is 3.40. The van der Waals surface area contributed by atoms with Gasteiger partial charge in [0.25, 0.3) is 0 Å². The van der Waals surface area contributed by atoms with E-state index >= 15 is 0 Å². The lowest BCUT2D eigenvalue weighted by atomic mass is 10.1. The number of benzene rings is 1. The molecule has 2 N–H and O–H groups in total. The van der Waals surface area contributed by atoms with Crippen molar-refractivity contribution in [3.8, 4) is 0 Å². The summed E-state index contributed by atoms with van der Waals surface area (Å²) in [6.07, 6.45) is 0. The second kappa shape index (κ2) is 4.81. The molecule has 0 radical (unpaired) electrons. The van der Waals surface area contributed by atoms with Crippen LogP contribution in [0.25, 0.3) is 0 Å². The molecule has 0 spiro atoms. The number of carbonyl (C=O) groups excluding carboxylic acids is 1. The minimum absolute atomic E-state index is 0.0479. The summed E-state index contributed by atoms with van der Waals surface area (Å²) in [6, 6.07) is 3.92. The molecule has 17 heavy (non-hydrogen) atoms. The molecule has 1 aliphatic rings. The Hall–Kier alpha value is -1.46. The average molecular weight is 238 g/mol. The number of amides is 1. The van der Waals surface area contributed by atoms with Gasteiger partial charge < -0.3 is 10.1 Å². The van der Waals surface area contributed by atoms with E-state index in [4.69, 9.17) is 4.74 Å². The molecule has 0 aromatic heterocycles. The van der Waals surface area contributed by atoms with Crippen molar-refractivity contribution in [2.24, 2.45) is 0 Å². The van der Waals surface area contributed by atoms with E-state index in [1.165, 1.54) is 12.1 Å². The van der Waals surface area contributed by atoms with Gasteiger partial charge in [-0.2, -0.15) is 0 Å². The maximum absolute atomic E-state index is 13.0. The smallest absolute Gasteiger partial charge is 0.246 e. The normalized spacial score (nSPS) is 19.9. The highest BCUT2D eigenvalue weighted by atomic mass is 19.1. The zero-order chi connectivity index (χ0) is 12.4. The van der Waals surface area contributed by atoms with Gasteiger partial charge in [-0.05, 0) is 19.1 Å². The number of ether oxygens (including phenoxy) is 1. The molecule has 4 nitrogen and oxygen atoms in total. The van der Waals surface area contributed by atoms with Gasteiger partial charge in [0.05, 0.1) is 6.61 Å². The van der Waals surface area contributed by atoms with Crippen LogP contribution in [0.3, 0.4) is 0 Å². The molecule has 1 heterocycles. The van der Waals surface area contributed by atoms with Gasteiger partial charge in [-0.3, -0.25) is 10.1 Å². The van der Waals surface area contributed by atoms with E-state index in [0.717, 1.165) is 5.56 Å². The molecule has 5 heteroatoms. The lowest BCUT2D eigenvalue weighted by Crippen LogP contribution is -2.37. The van der Waals surface area contributed by atoms with Gasteiger partial charge in [0.2, 0.25) is 5.91 Å². The summed E-state index contributed by atoms with van der Waals surface area (Å²) in [4.78, 5) is 11.7. The number of hydrogen-bond acceptors (Lipinski definition) is 3. The Morgan fingerprint density at radius 2 is 2.35 bits per heavy atom. The topological polar surface area (TPSA) is 50.4 Å². The summed E-state index contributed by atoms with van der Waals surface area (Å²) in [5.74, 6) is -0.511. The fraction of sp³-hybridized carbons (Fsp3) is 0.417. The highest BCUT2D eigenvalue weighted by Crippen LogP contribution is 2.31. The molecule has 0 saturated carbocycles. The molecule has 2 unspecified atom stereocenters. The summed E-state index contributed by atoms with van der Waals surface area (Å²) < 4.78 is 18.0. The van der Waals surface area contributed by atoms with Crippen LogP contribution in [0.2, 0.25) is 0 Å². The third kappa shape index (κ3) is 2.45. The first-order valence-corrected chi connectivity index (χ1v) is 5.47. The maximum Gasteiger partial charge on any atom is 0.246 e. The first kappa shape index (κ1) is 12.0. The summed E-state index contributed by atoms with van der Waals surface area (Å²) in [5.41, 5.74) is 1.32. The molecule has 0 bridgehead atoms. The molecular formula is C12H15FN2O2. The Bertz CT molecular complexity index is 437. The third-order valence-electron chi connectivity index (χ3n) is 2.71. The van der Waals surface area contributed by atoms with E-state index in [0.29, 0.717) is 12.3 Å². The summed E-state index contributed by atoms with van der Waals surface area (Å²) in [7, 11) is 1.61. The minimum Gasteiger partial charge on any atom is -0.383 e. The SMILES string of the molecule is COCC(C)NC1C(=O)Nc2cc(F)ccc21. The standard InChI is InChI=1S/C12H15FN2O2/c1-7(6-17-2)14-11-9-4-3-8(13)5-10(9)15-12(11)16/h3-5,7,11,14H,6H2,1-2H3,(H,15,16). The van der Waals surface area contributed by atoms with Gasteiger partial charge in [0.1, 0.15) is 11.9 Å². The summed E-state index contributed by atoms with van der Waals surface area (Å²) in [6.45, 7) is 2.44. The van der Waals surface area contributed by atoms with E-state index < -0.39 is 6.04 Å². The second-order valence-corrected chi connectivity index (χ2v) is 4.18. The summed E-state index contributed by atoms with van der Waals surface area (Å²) in [5, 5.41) is 5.80. The Morgan fingerprint density at radius 3 is 3.06 bits per heavy atom. The van der Waals surface area contributed by atoms with Crippen LogP contribution in [0.1, 0.15) is 18.5 Å². The largest absolute Gasteiger partial charge is 0.383 e. The van der Waals surface area contributed by atoms with E-state index in [2.05, 4.69) is 10.6 Å². The van der Waals surface area contributed by atoms with E-state index in [-0.39, 0.29) is 17.8 Å². The van der Waals surface area contributed by atoms with Crippen molar-refractivity contribution in [2.75, 3.05) is 19.0 Å². The van der Waals surface area contributed by atoms with E-state index in [1.807, 2.05) is 6.92 Å². The molecule has 0 fully saturated rings. The monoisotopic (exact) mass is 238 g/mol. The van der Waals surface area contributed by atoms with Crippen LogP contribution in [0, 0.1) is 5.82 Å². The fourth-order valence-corrected chi connectivity index (χ4v) is 1.98. The van der Waals surface area contributed by atoms with E-state index in [1.54, 1.807) is 13.2 Å². The molecule has 1 aromatic rings. The number of fused-ring (bicyclic) bond motifs is 1. The molecule has 1 aromatic carbocycles. The summed E-state index contributed by atoms with van der Waals surface area (Å²) >= 11 is 0. The predicted molar refractivity (Wildman–Crippen MR) is 62.2 cm³/mol. The zero-order valence-electron chi connectivity index (χ0n) is 9.79. The van der Waals surface area contributed by atoms with Gasteiger partial charge in [-0.15, -0.1) is 0 Å². The first-order chi connectivity index (χ1) is 8.11. The van der Waals surface area contributed by atoms with Crippen LogP contribution in [-0.4, -0.2) is 25.7 Å². The lowest BCUT2D eigenvalue weighted by molar-refractivity contribution is -0.117. The lowest BCUT2D eigenvalue weighted by Gasteiger charge is -2.17. The molecule has 1 amide bonds. The van der Waals surface area contributed by atoms with Crippen molar-refractivity contribution < 1.29 is 13.9 Å². The number of anilines is 1. The molecule has 2 atom stereocenters. The average Bonchev–Trinajstić information content (AvgIpc) is 2.55. The Labute approximate surface area is 99.2 Å². The number of methoxy groups -OCH3 is 1. The van der Waals surface area contributed by atoms with Crippen LogP contribution in [0.4, 0.5) is 10.1 Å². The quantitative estimate of drug-likeness (QED) is 0.834. The van der Waals surface area contributed by atoms with Crippen LogP contribution in [0.15, 0.2) is 18.2 Å². The van der Waals surface area contributed by atoms with Crippen LogP contribution in [0.5, 0.6) is 0 Å².